The summed E-state index contributed by atoms with van der Waals surface area (Å²) < 4.78 is 18.1. The molecule has 0 bridgehead atoms. The summed E-state index contributed by atoms with van der Waals surface area (Å²) in [5.74, 6) is -1.72. The Morgan fingerprint density at radius 3 is 2.14 bits per heavy atom. The Kier molecular flexibility index (Phi) is 17.7. The van der Waals surface area contributed by atoms with Crippen molar-refractivity contribution >= 4 is 35.5 Å². The highest BCUT2D eigenvalue weighted by atomic mass is 16.6. The second-order valence-corrected chi connectivity index (χ2v) is 12.6. The van der Waals surface area contributed by atoms with Crippen LogP contribution in [0.3, 0.4) is 0 Å². The third-order valence-electron chi connectivity index (χ3n) is 7.40. The second kappa shape index (κ2) is 21.3. The molecule has 0 spiro atoms. The normalized spacial score (nSPS) is 12.4. The van der Waals surface area contributed by atoms with Gasteiger partial charge in [-0.3, -0.25) is 19.3 Å². The van der Waals surface area contributed by atoms with Gasteiger partial charge in [0, 0.05) is 25.5 Å². The summed E-state index contributed by atoms with van der Waals surface area (Å²) in [4.78, 5) is 62.9. The van der Waals surface area contributed by atoms with Gasteiger partial charge in [-0.2, -0.15) is 0 Å². The zero-order valence-corrected chi connectivity index (χ0v) is 30.1. The number of nitrogens with one attached hydrogen (secondary N) is 4. The minimum absolute atomic E-state index is 0.0537. The Labute approximate surface area is 293 Å². The van der Waals surface area contributed by atoms with Crippen molar-refractivity contribution in [3.63, 3.8) is 0 Å². The predicted octanol–water partition coefficient (Wildman–Crippen LogP) is 1.59. The number of hydrogen-bond donors (Lipinski definition) is 5. The van der Waals surface area contributed by atoms with E-state index in [0.717, 1.165) is 5.69 Å². The highest BCUT2D eigenvalue weighted by Crippen LogP contribution is 2.14. The van der Waals surface area contributed by atoms with Gasteiger partial charge in [0.2, 0.25) is 17.7 Å². The first kappa shape index (κ1) is 41.4. The molecule has 0 saturated heterocycles. The lowest BCUT2D eigenvalue weighted by atomic mass is 10.0. The molecular weight excluding hydrogens is 650 g/mol. The van der Waals surface area contributed by atoms with Crippen LogP contribution in [-0.2, 0) is 41.7 Å². The van der Waals surface area contributed by atoms with E-state index in [4.69, 9.17) is 19.9 Å². The molecule has 2 rings (SSSR count). The van der Waals surface area contributed by atoms with E-state index in [0.29, 0.717) is 43.5 Å². The molecule has 50 heavy (non-hydrogen) atoms. The molecule has 6 amide bonds. The van der Waals surface area contributed by atoms with Gasteiger partial charge in [-0.15, -0.1) is 5.10 Å². The fourth-order valence-electron chi connectivity index (χ4n) is 4.63. The van der Waals surface area contributed by atoms with Crippen molar-refractivity contribution < 1.29 is 38.2 Å². The molecule has 0 radical (unpaired) electrons. The lowest BCUT2D eigenvalue weighted by Crippen LogP contribution is -2.53. The molecule has 0 fully saturated rings. The van der Waals surface area contributed by atoms with Gasteiger partial charge in [0.25, 0.3) is 0 Å². The number of ether oxygens (including phenoxy) is 3. The van der Waals surface area contributed by atoms with Crippen LogP contribution in [0.4, 0.5) is 15.3 Å². The average Bonchev–Trinajstić information content (AvgIpc) is 3.54. The Hall–Kier alpha value is -4.77. The highest BCUT2D eigenvalue weighted by Gasteiger charge is 2.29. The molecule has 0 saturated carbocycles. The van der Waals surface area contributed by atoms with E-state index in [1.807, 2.05) is 6.20 Å². The first-order valence-electron chi connectivity index (χ1n) is 16.6. The van der Waals surface area contributed by atoms with Crippen molar-refractivity contribution in [2.75, 3.05) is 51.9 Å². The molecule has 0 aliphatic carbocycles. The molecule has 2 aromatic rings. The minimum atomic E-state index is -0.876. The van der Waals surface area contributed by atoms with Gasteiger partial charge in [0.1, 0.15) is 18.7 Å². The highest BCUT2D eigenvalue weighted by molar-refractivity contribution is 5.96. The third kappa shape index (κ3) is 14.8. The van der Waals surface area contributed by atoms with Crippen LogP contribution in [0.15, 0.2) is 30.5 Å². The smallest absolute Gasteiger partial charge is 0.410 e. The lowest BCUT2D eigenvalue weighted by molar-refractivity contribution is -0.126. The van der Waals surface area contributed by atoms with Crippen molar-refractivity contribution in [3.8, 4) is 0 Å². The minimum Gasteiger partial charge on any atom is -0.445 e. The lowest BCUT2D eigenvalue weighted by Gasteiger charge is -2.27. The number of aromatic nitrogens is 3. The van der Waals surface area contributed by atoms with E-state index >= 15 is 0 Å². The molecule has 6 N–H and O–H groups in total. The van der Waals surface area contributed by atoms with Crippen LogP contribution < -0.4 is 27.0 Å². The Morgan fingerprint density at radius 2 is 1.56 bits per heavy atom. The zero-order chi connectivity index (χ0) is 37.2. The topological polar surface area (TPSA) is 221 Å². The number of amides is 6. The van der Waals surface area contributed by atoms with Crippen molar-refractivity contribution in [2.45, 2.75) is 72.7 Å². The summed E-state index contributed by atoms with van der Waals surface area (Å²) in [6.45, 7) is 13.1. The number of carbonyl (C=O) groups excluding carboxylic acids is 5. The van der Waals surface area contributed by atoms with E-state index in [1.165, 1.54) is 11.9 Å². The standard InChI is InChI=1S/C33H53N9O8/c1-21(2)26-19-42(40-39-26)13-15-49-17-16-48-14-12-35-32(46)38-28(22(3)4)31(45)36-18-27(43)37-25-10-8-24(9-11-25)20-50-33(47)41(7)29(23(5)6)30(34)44/h8-11,19,21-23,28-29H,12-18,20H2,1-7H3,(H2,34,44)(H,36,45)(H,37,43)(H2,35,38,46)/t28?,29-/m0/s1. The van der Waals surface area contributed by atoms with Crippen molar-refractivity contribution in [1.29, 1.82) is 0 Å². The van der Waals surface area contributed by atoms with Crippen LogP contribution in [-0.4, -0.2) is 108 Å². The van der Waals surface area contributed by atoms with E-state index in [-0.39, 0.29) is 38.1 Å². The number of hydrogen-bond acceptors (Lipinski definition) is 10. The van der Waals surface area contributed by atoms with E-state index in [1.54, 1.807) is 56.6 Å². The monoisotopic (exact) mass is 703 g/mol. The van der Waals surface area contributed by atoms with Crippen LogP contribution in [0.5, 0.6) is 0 Å². The summed E-state index contributed by atoms with van der Waals surface area (Å²) in [5, 5.41) is 18.7. The van der Waals surface area contributed by atoms with Crippen molar-refractivity contribution in [1.82, 2.24) is 35.8 Å². The molecular formula is C33H53N9O8. The molecule has 0 aliphatic heterocycles. The maximum atomic E-state index is 12.8. The van der Waals surface area contributed by atoms with Crippen LogP contribution in [0.2, 0.25) is 0 Å². The van der Waals surface area contributed by atoms with Crippen molar-refractivity contribution in [2.24, 2.45) is 17.6 Å². The van der Waals surface area contributed by atoms with Gasteiger partial charge in [0.15, 0.2) is 0 Å². The quantitative estimate of drug-likeness (QED) is 0.118. The van der Waals surface area contributed by atoms with Gasteiger partial charge in [0.05, 0.1) is 45.2 Å². The molecule has 1 aromatic carbocycles. The fraction of sp³-hybridized carbons (Fsp3) is 0.606. The number of likely N-dealkylation sites (N-methyl/N-ethyl adjacent to an activating group) is 1. The van der Waals surface area contributed by atoms with Gasteiger partial charge < -0.3 is 41.2 Å². The molecule has 2 atom stereocenters. The number of urea groups is 1. The summed E-state index contributed by atoms with van der Waals surface area (Å²) in [6.07, 6.45) is 1.21. The largest absolute Gasteiger partial charge is 0.445 e. The number of carbonyl (C=O) groups is 5. The number of primary amides is 1. The van der Waals surface area contributed by atoms with E-state index in [9.17, 15) is 24.0 Å². The summed E-state index contributed by atoms with van der Waals surface area (Å²) in [7, 11) is 1.45. The Morgan fingerprint density at radius 1 is 0.900 bits per heavy atom. The molecule has 1 heterocycles. The van der Waals surface area contributed by atoms with E-state index < -0.39 is 41.9 Å². The maximum Gasteiger partial charge on any atom is 0.410 e. The molecule has 278 valence electrons. The summed E-state index contributed by atoms with van der Waals surface area (Å²) in [6, 6.07) is 4.35. The third-order valence-corrected chi connectivity index (χ3v) is 7.40. The SMILES string of the molecule is CC(C)c1cn(CCOCCOCCNC(=O)NC(C(=O)NCC(=O)Nc2ccc(COC(=O)N(C)[C@H](C(N)=O)C(C)C)cc2)C(C)C)nn1. The molecule has 17 heteroatoms. The number of benzene rings is 1. The van der Waals surface area contributed by atoms with Gasteiger partial charge in [-0.25, -0.2) is 14.3 Å². The van der Waals surface area contributed by atoms with E-state index in [2.05, 4.69) is 45.4 Å². The molecule has 1 unspecified atom stereocenters. The van der Waals surface area contributed by atoms with Crippen LogP contribution in [0, 0.1) is 11.8 Å². The number of rotatable bonds is 21. The number of nitrogens with zero attached hydrogens (tertiary/aromatic N) is 4. The van der Waals surface area contributed by atoms with Gasteiger partial charge in [-0.1, -0.05) is 58.9 Å². The summed E-state index contributed by atoms with van der Waals surface area (Å²) >= 11 is 0. The fourth-order valence-corrected chi connectivity index (χ4v) is 4.63. The van der Waals surface area contributed by atoms with Crippen LogP contribution >= 0.6 is 0 Å². The average molecular weight is 704 g/mol. The number of anilines is 1. The Bertz CT molecular complexity index is 1380. The first-order chi connectivity index (χ1) is 23.7. The van der Waals surface area contributed by atoms with Gasteiger partial charge in [-0.05, 0) is 35.4 Å². The molecule has 1 aromatic heterocycles. The second-order valence-electron chi connectivity index (χ2n) is 12.6. The van der Waals surface area contributed by atoms with Crippen molar-refractivity contribution in [3.05, 3.63) is 41.7 Å². The molecule has 17 nitrogen and oxygen atoms in total. The predicted molar refractivity (Wildman–Crippen MR) is 185 cm³/mol. The number of nitrogens with two attached hydrogens (primary N) is 1. The zero-order valence-electron chi connectivity index (χ0n) is 30.1. The molecule has 0 aliphatic rings. The maximum absolute atomic E-state index is 12.8. The Balaban J connectivity index is 1.64. The van der Waals surface area contributed by atoms with Crippen LogP contribution in [0.25, 0.3) is 0 Å². The summed E-state index contributed by atoms with van der Waals surface area (Å²) in [5.41, 5.74) is 7.45. The van der Waals surface area contributed by atoms with Gasteiger partial charge >= 0.3 is 12.1 Å². The van der Waals surface area contributed by atoms with Crippen LogP contribution in [0.1, 0.15) is 58.7 Å². The first-order valence-corrected chi connectivity index (χ1v) is 16.6.